The van der Waals surface area contributed by atoms with E-state index in [-0.39, 0.29) is 11.6 Å². The molecular weight excluding hydrogens is 475 g/mol. The van der Waals surface area contributed by atoms with Crippen molar-refractivity contribution in [3.8, 4) is 0 Å². The van der Waals surface area contributed by atoms with Crippen molar-refractivity contribution in [3.05, 3.63) is 71.0 Å². The molecule has 10 heteroatoms. The summed E-state index contributed by atoms with van der Waals surface area (Å²) >= 11 is 5.67. The maximum atomic E-state index is 12.8. The Labute approximate surface area is 199 Å². The van der Waals surface area contributed by atoms with Gasteiger partial charge in [-0.2, -0.15) is 13.2 Å². The van der Waals surface area contributed by atoms with Gasteiger partial charge in [0.1, 0.15) is 11.5 Å². The van der Waals surface area contributed by atoms with Crippen molar-refractivity contribution < 1.29 is 22.0 Å². The summed E-state index contributed by atoms with van der Waals surface area (Å²) in [7, 11) is 1.96. The van der Waals surface area contributed by atoms with E-state index in [1.165, 1.54) is 28.7 Å². The monoisotopic (exact) mass is 500 g/mol. The van der Waals surface area contributed by atoms with Crippen molar-refractivity contribution in [3.63, 3.8) is 0 Å². The number of halogens is 6. The summed E-state index contributed by atoms with van der Waals surface area (Å²) in [6, 6.07) is 10.0. The van der Waals surface area contributed by atoms with E-state index < -0.39 is 18.3 Å². The highest BCUT2D eigenvalue weighted by Gasteiger charge is 2.34. The molecule has 1 aliphatic carbocycles. The fourth-order valence-electron chi connectivity index (χ4n) is 3.85. The van der Waals surface area contributed by atoms with Crippen molar-refractivity contribution in [1.82, 2.24) is 14.7 Å². The molecule has 1 fully saturated rings. The van der Waals surface area contributed by atoms with Crippen LogP contribution in [0.3, 0.4) is 0 Å². The Morgan fingerprint density at radius 1 is 1.12 bits per heavy atom. The van der Waals surface area contributed by atoms with Crippen LogP contribution in [0.15, 0.2) is 49.2 Å². The van der Waals surface area contributed by atoms with Gasteiger partial charge in [-0.1, -0.05) is 42.5 Å². The van der Waals surface area contributed by atoms with E-state index in [2.05, 4.69) is 22.2 Å². The number of fused-ring (bicyclic) bond motifs is 1. The predicted molar refractivity (Wildman–Crippen MR) is 125 cm³/mol. The molecule has 1 saturated carbocycles. The van der Waals surface area contributed by atoms with Crippen molar-refractivity contribution in [1.29, 1.82) is 0 Å². The maximum Gasteiger partial charge on any atom is 0.434 e. The molecule has 34 heavy (non-hydrogen) atoms. The van der Waals surface area contributed by atoms with Gasteiger partial charge in [0.15, 0.2) is 5.69 Å². The number of rotatable bonds is 5. The smallest absolute Gasteiger partial charge is 0.368 e. The van der Waals surface area contributed by atoms with Crippen LogP contribution in [0, 0.1) is 0 Å². The van der Waals surface area contributed by atoms with Crippen LogP contribution in [-0.2, 0) is 6.18 Å². The number of pyridine rings is 1. The third-order valence-corrected chi connectivity index (χ3v) is 6.09. The van der Waals surface area contributed by atoms with Gasteiger partial charge in [-0.05, 0) is 56.5 Å². The Balaban J connectivity index is 0.000000229. The summed E-state index contributed by atoms with van der Waals surface area (Å²) in [6.07, 6.45) is -0.168. The first-order valence-electron chi connectivity index (χ1n) is 10.8. The Bertz CT molecular complexity index is 1100. The minimum absolute atomic E-state index is 0.0643. The molecule has 0 spiro atoms. The minimum atomic E-state index is -4.42. The summed E-state index contributed by atoms with van der Waals surface area (Å²) in [5.41, 5.74) is 0.0496. The molecule has 0 atom stereocenters. The molecule has 0 aliphatic heterocycles. The van der Waals surface area contributed by atoms with Crippen LogP contribution in [0.5, 0.6) is 0 Å². The van der Waals surface area contributed by atoms with Gasteiger partial charge in [0.25, 0.3) is 6.43 Å². The molecule has 184 valence electrons. The lowest BCUT2D eigenvalue weighted by molar-refractivity contribution is -0.140. The lowest BCUT2D eigenvalue weighted by Crippen LogP contribution is -2.35. The molecule has 2 aromatic heterocycles. The number of hydrogen-bond donors (Lipinski definition) is 2. The third-order valence-electron chi connectivity index (χ3n) is 5.77. The molecule has 2 heterocycles. The number of nitrogens with zero attached hydrogens (tertiary/aromatic N) is 2. The van der Waals surface area contributed by atoms with Crippen LogP contribution < -0.4 is 10.6 Å². The standard InChI is InChI=1S/C15H19F3N4.C9H7ClF2/c1-19-10-5-7-11(8-6-10)20-13-3-2-4-14-21-12(9-22(13)14)15(16,17)18;1-2-6-3-4-7(9(11)12)5-8(6)10/h2-4,9-11,19-20H,5-8H2,1H3;2-5,9H,1H2. The second-order valence-corrected chi connectivity index (χ2v) is 8.44. The van der Waals surface area contributed by atoms with Gasteiger partial charge in [0.05, 0.1) is 0 Å². The van der Waals surface area contributed by atoms with Gasteiger partial charge < -0.3 is 10.6 Å². The Morgan fingerprint density at radius 2 is 1.79 bits per heavy atom. The van der Waals surface area contributed by atoms with Crippen LogP contribution >= 0.6 is 11.6 Å². The van der Waals surface area contributed by atoms with Gasteiger partial charge in [-0.25, -0.2) is 13.8 Å². The van der Waals surface area contributed by atoms with E-state index in [4.69, 9.17) is 11.6 Å². The van der Waals surface area contributed by atoms with Gasteiger partial charge in [0.2, 0.25) is 0 Å². The Kier molecular flexibility index (Phi) is 8.54. The van der Waals surface area contributed by atoms with Gasteiger partial charge in [0, 0.05) is 28.9 Å². The highest BCUT2D eigenvalue weighted by Crippen LogP contribution is 2.30. The molecular formula is C24H26ClF5N4. The SMILES string of the molecule is C=Cc1ccc(C(F)F)cc1Cl.CNC1CCC(Nc2cccc3nc(C(F)(F)F)cn23)CC1. The molecule has 4 nitrogen and oxygen atoms in total. The zero-order chi connectivity index (χ0) is 24.9. The zero-order valence-corrected chi connectivity index (χ0v) is 19.3. The number of anilines is 1. The van der Waals surface area contributed by atoms with E-state index in [9.17, 15) is 22.0 Å². The van der Waals surface area contributed by atoms with Crippen molar-refractivity contribution in [2.45, 2.75) is 50.4 Å². The molecule has 0 bridgehead atoms. The normalized spacial score (nSPS) is 18.5. The highest BCUT2D eigenvalue weighted by atomic mass is 35.5. The number of hydrogen-bond acceptors (Lipinski definition) is 3. The Hall–Kier alpha value is -2.65. The second-order valence-electron chi connectivity index (χ2n) is 8.03. The fourth-order valence-corrected chi connectivity index (χ4v) is 4.11. The summed E-state index contributed by atoms with van der Waals surface area (Å²) in [5, 5.41) is 6.94. The molecule has 1 aliphatic rings. The van der Waals surface area contributed by atoms with Gasteiger partial charge in [-0.3, -0.25) is 4.40 Å². The topological polar surface area (TPSA) is 41.4 Å². The molecule has 0 radical (unpaired) electrons. The second kappa shape index (κ2) is 11.2. The first-order valence-corrected chi connectivity index (χ1v) is 11.2. The van der Waals surface area contributed by atoms with Crippen LogP contribution in [0.2, 0.25) is 5.02 Å². The van der Waals surface area contributed by atoms with Crippen molar-refractivity contribution >= 4 is 29.1 Å². The lowest BCUT2D eigenvalue weighted by atomic mass is 9.91. The first-order chi connectivity index (χ1) is 16.1. The quantitative estimate of drug-likeness (QED) is 0.363. The number of aromatic nitrogens is 2. The minimum Gasteiger partial charge on any atom is -0.368 e. The first kappa shape index (κ1) is 26.0. The maximum absolute atomic E-state index is 12.8. The van der Waals surface area contributed by atoms with Gasteiger partial charge in [-0.15, -0.1) is 0 Å². The van der Waals surface area contributed by atoms with Crippen molar-refractivity contribution in [2.75, 3.05) is 12.4 Å². The Morgan fingerprint density at radius 3 is 2.35 bits per heavy atom. The number of benzene rings is 1. The van der Waals surface area contributed by atoms with Crippen molar-refractivity contribution in [2.24, 2.45) is 0 Å². The number of alkyl halides is 5. The largest absolute Gasteiger partial charge is 0.434 e. The zero-order valence-electron chi connectivity index (χ0n) is 18.5. The van der Waals surface area contributed by atoms with E-state index in [0.29, 0.717) is 28.1 Å². The number of imidazole rings is 1. The average molecular weight is 501 g/mol. The van der Waals surface area contributed by atoms with Gasteiger partial charge >= 0.3 is 6.18 Å². The van der Waals surface area contributed by atoms with Crippen LogP contribution in [0.1, 0.15) is 48.9 Å². The van der Waals surface area contributed by atoms with E-state index in [0.717, 1.165) is 31.9 Å². The molecule has 0 saturated heterocycles. The predicted octanol–water partition coefficient (Wildman–Crippen LogP) is 7.22. The van der Waals surface area contributed by atoms with Crippen LogP contribution in [-0.4, -0.2) is 28.5 Å². The van der Waals surface area contributed by atoms with E-state index >= 15 is 0 Å². The summed E-state index contributed by atoms with van der Waals surface area (Å²) in [5.74, 6) is 0.661. The van der Waals surface area contributed by atoms with E-state index in [1.54, 1.807) is 18.2 Å². The average Bonchev–Trinajstić information content (AvgIpc) is 3.26. The molecule has 2 N–H and O–H groups in total. The summed E-state index contributed by atoms with van der Waals surface area (Å²) in [4.78, 5) is 3.65. The summed E-state index contributed by atoms with van der Waals surface area (Å²) in [6.45, 7) is 3.49. The molecule has 0 unspecified atom stereocenters. The highest BCUT2D eigenvalue weighted by molar-refractivity contribution is 6.32. The number of nitrogens with one attached hydrogen (secondary N) is 2. The summed E-state index contributed by atoms with van der Waals surface area (Å²) < 4.78 is 64.1. The van der Waals surface area contributed by atoms with Crippen LogP contribution in [0.4, 0.5) is 27.8 Å². The lowest BCUT2D eigenvalue weighted by Gasteiger charge is -2.29. The molecule has 3 aromatic rings. The third kappa shape index (κ3) is 6.48. The van der Waals surface area contributed by atoms with Crippen LogP contribution in [0.25, 0.3) is 11.7 Å². The molecule has 0 amide bonds. The van der Waals surface area contributed by atoms with E-state index in [1.807, 2.05) is 7.05 Å². The molecule has 1 aromatic carbocycles. The molecule has 4 rings (SSSR count). The fraction of sp³-hybridized carbons (Fsp3) is 0.375.